The number of hydrogen-bond donors (Lipinski definition) is 3. The fraction of sp³-hybridized carbons (Fsp3) is 0.105. The molecule has 2 aromatic heterocycles. The van der Waals surface area contributed by atoms with Gasteiger partial charge in [-0.3, -0.25) is 19.6 Å². The summed E-state index contributed by atoms with van der Waals surface area (Å²) >= 11 is 3.37. The van der Waals surface area contributed by atoms with Crippen LogP contribution < -0.4 is 16.7 Å². The molecule has 3 N–H and O–H groups in total. The number of rotatable bonds is 5. The predicted molar refractivity (Wildman–Crippen MR) is 111 cm³/mol. The molecule has 29 heavy (non-hydrogen) atoms. The maximum Gasteiger partial charge on any atom is 0.335 e. The van der Waals surface area contributed by atoms with E-state index < -0.39 is 23.0 Å². The summed E-state index contributed by atoms with van der Waals surface area (Å²) in [5.74, 6) is -1.13. The number of aryl methyl sites for hydroxylation is 1. The summed E-state index contributed by atoms with van der Waals surface area (Å²) in [6.45, 7) is 1.90. The zero-order chi connectivity index (χ0) is 21.0. The lowest BCUT2D eigenvalue weighted by atomic mass is 10.1. The van der Waals surface area contributed by atoms with Gasteiger partial charge in [-0.25, -0.2) is 14.8 Å². The number of hydrazone groups is 1. The summed E-state index contributed by atoms with van der Waals surface area (Å²) < 4.78 is 1.80. The first-order chi connectivity index (χ1) is 13.9. The minimum absolute atomic E-state index is 0.273. The summed E-state index contributed by atoms with van der Waals surface area (Å²) in [7, 11) is 0. The van der Waals surface area contributed by atoms with E-state index in [0.717, 1.165) is 20.8 Å². The van der Waals surface area contributed by atoms with E-state index >= 15 is 0 Å². The molecule has 0 unspecified atom stereocenters. The smallest absolute Gasteiger partial charge is 0.335 e. The second-order valence-corrected chi connectivity index (χ2v) is 6.82. The average Bonchev–Trinajstić information content (AvgIpc) is 2.71. The maximum absolute atomic E-state index is 12.3. The molecule has 0 spiro atoms. The van der Waals surface area contributed by atoms with Crippen molar-refractivity contribution >= 4 is 28.1 Å². The largest absolute Gasteiger partial charge is 0.493 e. The third-order valence-electron chi connectivity index (χ3n) is 4.07. The van der Waals surface area contributed by atoms with Gasteiger partial charge in [0.25, 0.3) is 11.5 Å². The number of nitrogens with zero attached hydrogens (tertiary/aromatic N) is 3. The lowest BCUT2D eigenvalue weighted by molar-refractivity contribution is 0.0954. The molecule has 0 fully saturated rings. The highest BCUT2D eigenvalue weighted by atomic mass is 79.9. The highest BCUT2D eigenvalue weighted by molar-refractivity contribution is 9.10. The molecule has 0 bridgehead atoms. The van der Waals surface area contributed by atoms with E-state index in [2.05, 4.69) is 36.4 Å². The molecule has 0 atom stereocenters. The molecule has 3 rings (SSSR count). The van der Waals surface area contributed by atoms with Crippen molar-refractivity contribution in [3.8, 4) is 11.6 Å². The number of halogens is 1. The number of pyridine rings is 1. The summed E-state index contributed by atoms with van der Waals surface area (Å²) in [5.41, 5.74) is 1.80. The van der Waals surface area contributed by atoms with Gasteiger partial charge in [0.05, 0.1) is 17.5 Å². The molecule has 0 aliphatic carbocycles. The molecule has 1 amide bonds. The van der Waals surface area contributed by atoms with E-state index in [1.807, 2.05) is 13.0 Å². The van der Waals surface area contributed by atoms with Crippen LogP contribution in [0.4, 0.5) is 0 Å². The van der Waals surface area contributed by atoms with E-state index in [1.54, 1.807) is 24.3 Å². The Morgan fingerprint density at radius 3 is 2.86 bits per heavy atom. The van der Waals surface area contributed by atoms with Gasteiger partial charge in [-0.15, -0.1) is 0 Å². The average molecular weight is 458 g/mol. The van der Waals surface area contributed by atoms with Crippen LogP contribution in [0.2, 0.25) is 0 Å². The van der Waals surface area contributed by atoms with Crippen molar-refractivity contribution in [1.82, 2.24) is 20.0 Å². The van der Waals surface area contributed by atoms with Crippen LogP contribution in [0.1, 0.15) is 28.4 Å². The molecule has 148 valence electrons. The first kappa shape index (κ1) is 20.2. The summed E-state index contributed by atoms with van der Waals surface area (Å²) in [5, 5.41) is 14.3. The van der Waals surface area contributed by atoms with Gasteiger partial charge >= 0.3 is 5.69 Å². The van der Waals surface area contributed by atoms with E-state index in [-0.39, 0.29) is 11.1 Å². The van der Waals surface area contributed by atoms with Gasteiger partial charge in [0, 0.05) is 16.9 Å². The normalized spacial score (nSPS) is 11.0. The summed E-state index contributed by atoms with van der Waals surface area (Å²) in [4.78, 5) is 42.5. The number of nitrogens with one attached hydrogen (secondary N) is 2. The van der Waals surface area contributed by atoms with Crippen LogP contribution in [0.5, 0.6) is 5.88 Å². The molecule has 3 aromatic rings. The molecule has 0 radical (unpaired) electrons. The number of hydrogen-bond acceptors (Lipinski definition) is 6. The standard InChI is InChI=1S/C19H16BrN5O4/c1-2-11-8-13(20)5-6-15(11)25-18(28)14(17(27)23-19(25)29)10-22-24-16(26)12-4-3-7-21-9-12/h3-10,28H,2H2,1H3,(H,24,26)(H,23,27,29). The van der Waals surface area contributed by atoms with Crippen LogP contribution in [0.15, 0.2) is 61.9 Å². The molecular formula is C19H16BrN5O4. The Balaban J connectivity index is 1.99. The lowest BCUT2D eigenvalue weighted by Gasteiger charge is -2.13. The monoisotopic (exact) mass is 457 g/mol. The molecule has 0 saturated carbocycles. The molecule has 2 heterocycles. The number of aromatic amines is 1. The van der Waals surface area contributed by atoms with Gasteiger partial charge in [-0.2, -0.15) is 5.10 Å². The van der Waals surface area contributed by atoms with Crippen LogP contribution in [-0.4, -0.2) is 31.8 Å². The highest BCUT2D eigenvalue weighted by Gasteiger charge is 2.16. The van der Waals surface area contributed by atoms with Crippen LogP contribution in [0.25, 0.3) is 5.69 Å². The molecule has 10 heteroatoms. The number of aromatic nitrogens is 3. The number of H-pyrrole nitrogens is 1. The van der Waals surface area contributed by atoms with Gasteiger partial charge in [0.15, 0.2) is 0 Å². The highest BCUT2D eigenvalue weighted by Crippen LogP contribution is 2.23. The van der Waals surface area contributed by atoms with E-state index in [4.69, 9.17) is 0 Å². The molecular weight excluding hydrogens is 442 g/mol. The van der Waals surface area contributed by atoms with Crippen LogP contribution in [0, 0.1) is 0 Å². The molecule has 1 aromatic carbocycles. The number of benzene rings is 1. The second kappa shape index (κ2) is 8.65. The van der Waals surface area contributed by atoms with Gasteiger partial charge in [-0.1, -0.05) is 22.9 Å². The van der Waals surface area contributed by atoms with Gasteiger partial charge in [0.1, 0.15) is 5.56 Å². The van der Waals surface area contributed by atoms with Crippen molar-refractivity contribution in [1.29, 1.82) is 0 Å². The molecule has 0 aliphatic heterocycles. The Hall–Kier alpha value is -3.53. The third kappa shape index (κ3) is 4.32. The van der Waals surface area contributed by atoms with Crippen molar-refractivity contribution in [2.24, 2.45) is 5.10 Å². The van der Waals surface area contributed by atoms with Crippen molar-refractivity contribution in [3.63, 3.8) is 0 Å². The minimum Gasteiger partial charge on any atom is -0.493 e. The molecule has 0 saturated heterocycles. The molecule has 0 aliphatic rings. The van der Waals surface area contributed by atoms with Gasteiger partial charge in [0.2, 0.25) is 5.88 Å². The SMILES string of the molecule is CCc1cc(Br)ccc1-n1c(O)c(C=NNC(=O)c2cccnc2)c(=O)[nH]c1=O. The predicted octanol–water partition coefficient (Wildman–Crippen LogP) is 1.72. The first-order valence-electron chi connectivity index (χ1n) is 8.53. The zero-order valence-corrected chi connectivity index (χ0v) is 16.8. The maximum atomic E-state index is 12.3. The lowest BCUT2D eigenvalue weighted by Crippen LogP contribution is -2.32. The van der Waals surface area contributed by atoms with Crippen molar-refractivity contribution in [2.75, 3.05) is 0 Å². The van der Waals surface area contributed by atoms with Crippen LogP contribution >= 0.6 is 15.9 Å². The number of amides is 1. The number of carbonyl (C=O) groups excluding carboxylic acids is 1. The van der Waals surface area contributed by atoms with Crippen molar-refractivity contribution < 1.29 is 9.90 Å². The number of aromatic hydroxyl groups is 1. The van der Waals surface area contributed by atoms with Gasteiger partial charge in [-0.05, 0) is 42.3 Å². The Morgan fingerprint density at radius 1 is 1.38 bits per heavy atom. The quantitative estimate of drug-likeness (QED) is 0.396. The van der Waals surface area contributed by atoms with E-state index in [9.17, 15) is 19.5 Å². The third-order valence-corrected chi connectivity index (χ3v) is 4.56. The second-order valence-electron chi connectivity index (χ2n) is 5.90. The first-order valence-corrected chi connectivity index (χ1v) is 9.32. The Morgan fingerprint density at radius 2 is 2.17 bits per heavy atom. The Kier molecular flexibility index (Phi) is 6.03. The van der Waals surface area contributed by atoms with E-state index in [1.165, 1.54) is 12.4 Å². The van der Waals surface area contributed by atoms with Crippen molar-refractivity contribution in [3.05, 3.63) is 84.7 Å². The fourth-order valence-corrected chi connectivity index (χ4v) is 3.06. The number of carbonyl (C=O) groups is 1. The van der Waals surface area contributed by atoms with Crippen molar-refractivity contribution in [2.45, 2.75) is 13.3 Å². The minimum atomic E-state index is -0.835. The Bertz CT molecular complexity index is 1200. The zero-order valence-electron chi connectivity index (χ0n) is 15.2. The van der Waals surface area contributed by atoms with E-state index in [0.29, 0.717) is 12.1 Å². The van der Waals surface area contributed by atoms with Crippen LogP contribution in [-0.2, 0) is 6.42 Å². The topological polar surface area (TPSA) is 129 Å². The summed E-state index contributed by atoms with van der Waals surface area (Å²) in [6, 6.07) is 8.31. The Labute approximate surface area is 172 Å². The summed E-state index contributed by atoms with van der Waals surface area (Å²) in [6.07, 6.45) is 4.44. The molecule has 9 nitrogen and oxygen atoms in total. The van der Waals surface area contributed by atoms with Gasteiger partial charge < -0.3 is 5.11 Å². The van der Waals surface area contributed by atoms with Crippen LogP contribution in [0.3, 0.4) is 0 Å². The fourth-order valence-electron chi connectivity index (χ4n) is 2.65.